The van der Waals surface area contributed by atoms with Gasteiger partial charge in [-0.2, -0.15) is 5.26 Å². The first-order chi connectivity index (χ1) is 12.3. The summed E-state index contributed by atoms with van der Waals surface area (Å²) >= 11 is 0. The van der Waals surface area contributed by atoms with Crippen LogP contribution in [0.25, 0.3) is 11.4 Å². The zero-order chi connectivity index (χ0) is 17.5. The Morgan fingerprint density at radius 2 is 1.80 bits per heavy atom. The summed E-state index contributed by atoms with van der Waals surface area (Å²) in [7, 11) is 0. The molecule has 0 radical (unpaired) electrons. The molecule has 0 aliphatic heterocycles. The van der Waals surface area contributed by atoms with Gasteiger partial charge in [0.25, 0.3) is 0 Å². The lowest BCUT2D eigenvalue weighted by Gasteiger charge is -2.28. The van der Waals surface area contributed by atoms with Crippen LogP contribution >= 0.6 is 0 Å². The molecule has 25 heavy (non-hydrogen) atoms. The average molecular weight is 333 g/mol. The smallest absolute Gasteiger partial charge is 0.159 e. The second-order valence-corrected chi connectivity index (χ2v) is 6.41. The highest BCUT2D eigenvalue weighted by Gasteiger charge is 2.23. The number of rotatable bonds is 5. The Kier molecular flexibility index (Phi) is 5.92. The van der Waals surface area contributed by atoms with E-state index in [-0.39, 0.29) is 0 Å². The summed E-state index contributed by atoms with van der Waals surface area (Å²) in [6, 6.07) is 9.49. The van der Waals surface area contributed by atoms with Crippen molar-refractivity contribution >= 4 is 0 Å². The molecule has 4 nitrogen and oxygen atoms in total. The van der Waals surface area contributed by atoms with E-state index in [1.54, 1.807) is 12.1 Å². The van der Waals surface area contributed by atoms with Crippen molar-refractivity contribution in [1.82, 2.24) is 9.97 Å². The number of nitriles is 1. The highest BCUT2D eigenvalue weighted by atomic mass is 16.5. The summed E-state index contributed by atoms with van der Waals surface area (Å²) in [6.45, 7) is 2.73. The zero-order valence-electron chi connectivity index (χ0n) is 14.6. The van der Waals surface area contributed by atoms with Gasteiger partial charge in [-0.15, -0.1) is 0 Å². The second-order valence-electron chi connectivity index (χ2n) is 6.41. The van der Waals surface area contributed by atoms with Gasteiger partial charge in [0, 0.05) is 18.0 Å². The van der Waals surface area contributed by atoms with Crippen molar-refractivity contribution in [2.75, 3.05) is 6.61 Å². The van der Waals surface area contributed by atoms with Gasteiger partial charge in [0.15, 0.2) is 5.82 Å². The third-order valence-corrected chi connectivity index (χ3v) is 4.75. The minimum absolute atomic E-state index is 0.381. The maximum absolute atomic E-state index is 8.87. The molecule has 0 unspecified atom stereocenters. The van der Waals surface area contributed by atoms with Crippen molar-refractivity contribution in [1.29, 1.82) is 5.26 Å². The maximum Gasteiger partial charge on any atom is 0.159 e. The molecule has 3 rings (SSSR count). The summed E-state index contributed by atoms with van der Waals surface area (Å²) in [5.74, 6) is 1.23. The summed E-state index contributed by atoms with van der Waals surface area (Å²) in [4.78, 5) is 9.05. The normalized spacial score (nSPS) is 20.5. The highest BCUT2D eigenvalue weighted by Crippen LogP contribution is 2.33. The molecule has 1 aromatic heterocycles. The molecule has 1 heterocycles. The van der Waals surface area contributed by atoms with Crippen molar-refractivity contribution in [2.45, 2.75) is 44.6 Å². The molecule has 128 valence electrons. The Morgan fingerprint density at radius 1 is 1.12 bits per heavy atom. The van der Waals surface area contributed by atoms with E-state index >= 15 is 0 Å². The third kappa shape index (κ3) is 4.52. The summed E-state index contributed by atoms with van der Waals surface area (Å²) in [6.07, 6.45) is 12.8. The predicted molar refractivity (Wildman–Crippen MR) is 97.9 cm³/mol. The van der Waals surface area contributed by atoms with E-state index in [2.05, 4.69) is 22.1 Å². The average Bonchev–Trinajstić information content (AvgIpc) is 2.69. The lowest BCUT2D eigenvalue weighted by atomic mass is 9.84. The molecule has 1 aliphatic carbocycles. The Morgan fingerprint density at radius 3 is 2.40 bits per heavy atom. The number of nitrogens with zero attached hydrogens (tertiary/aromatic N) is 3. The maximum atomic E-state index is 8.87. The molecular formula is C21H23N3O. The molecule has 2 aromatic rings. The van der Waals surface area contributed by atoms with Crippen LogP contribution in [-0.2, 0) is 4.74 Å². The number of ether oxygens (including phenoxy) is 1. The molecule has 1 fully saturated rings. The van der Waals surface area contributed by atoms with Crippen LogP contribution in [0.2, 0.25) is 0 Å². The first kappa shape index (κ1) is 17.3. The number of aromatic nitrogens is 2. The van der Waals surface area contributed by atoms with Crippen LogP contribution in [0, 0.1) is 11.3 Å². The topological polar surface area (TPSA) is 58.8 Å². The fraction of sp³-hybridized carbons (Fsp3) is 0.381. The molecule has 0 saturated heterocycles. The van der Waals surface area contributed by atoms with Gasteiger partial charge in [-0.3, -0.25) is 0 Å². The Labute approximate surface area is 149 Å². The summed E-state index contributed by atoms with van der Waals surface area (Å²) in [5.41, 5.74) is 2.80. The van der Waals surface area contributed by atoms with E-state index in [1.807, 2.05) is 37.5 Å². The number of allylic oxidation sites excluding steroid dienone is 1. The third-order valence-electron chi connectivity index (χ3n) is 4.75. The van der Waals surface area contributed by atoms with Crippen molar-refractivity contribution in [3.8, 4) is 17.5 Å². The first-order valence-electron chi connectivity index (χ1n) is 8.85. The van der Waals surface area contributed by atoms with Gasteiger partial charge in [0.2, 0.25) is 0 Å². The van der Waals surface area contributed by atoms with Gasteiger partial charge in [-0.05, 0) is 68.4 Å². The van der Waals surface area contributed by atoms with Crippen LogP contribution in [-0.4, -0.2) is 22.7 Å². The molecule has 0 spiro atoms. The minimum Gasteiger partial charge on any atom is -0.374 e. The van der Waals surface area contributed by atoms with Crippen LogP contribution in [0.1, 0.15) is 49.7 Å². The molecule has 0 bridgehead atoms. The van der Waals surface area contributed by atoms with Gasteiger partial charge in [0.1, 0.15) is 0 Å². The predicted octanol–water partition coefficient (Wildman–Crippen LogP) is 4.63. The van der Waals surface area contributed by atoms with Gasteiger partial charge < -0.3 is 4.74 Å². The first-order valence-corrected chi connectivity index (χ1v) is 8.85. The number of hydrogen-bond donors (Lipinski definition) is 0. The summed E-state index contributed by atoms with van der Waals surface area (Å²) in [5, 5.41) is 8.87. The highest BCUT2D eigenvalue weighted by molar-refractivity contribution is 5.56. The fourth-order valence-corrected chi connectivity index (χ4v) is 3.24. The van der Waals surface area contributed by atoms with E-state index in [4.69, 9.17) is 10.00 Å². The van der Waals surface area contributed by atoms with E-state index in [1.165, 1.54) is 5.56 Å². The Hall–Kier alpha value is -2.51. The van der Waals surface area contributed by atoms with E-state index < -0.39 is 0 Å². The van der Waals surface area contributed by atoms with Crippen molar-refractivity contribution in [3.05, 3.63) is 59.9 Å². The van der Waals surface area contributed by atoms with Gasteiger partial charge >= 0.3 is 0 Å². The second kappa shape index (κ2) is 8.55. The largest absolute Gasteiger partial charge is 0.374 e. The van der Waals surface area contributed by atoms with Gasteiger partial charge in [-0.1, -0.05) is 12.2 Å². The monoisotopic (exact) mass is 333 g/mol. The van der Waals surface area contributed by atoms with E-state index in [9.17, 15) is 0 Å². The lowest BCUT2D eigenvalue weighted by Crippen LogP contribution is -2.21. The van der Waals surface area contributed by atoms with Gasteiger partial charge in [0.05, 0.1) is 24.3 Å². The number of benzene rings is 1. The molecule has 0 amide bonds. The molecule has 0 N–H and O–H groups in total. The van der Waals surface area contributed by atoms with Crippen LogP contribution in [0.3, 0.4) is 0 Å². The Bertz CT molecular complexity index is 736. The molecular weight excluding hydrogens is 310 g/mol. The standard InChI is InChI=1S/C21H23N3O/c1-2-3-12-25-20-10-8-17(9-11-20)19-14-23-21(24-15-19)18-6-4-16(13-22)5-7-18/h2-7,14-15,17,20H,8-12H2,1H3. The molecule has 4 heteroatoms. The fourth-order valence-electron chi connectivity index (χ4n) is 3.24. The quantitative estimate of drug-likeness (QED) is 0.748. The minimum atomic E-state index is 0.381. The number of hydrogen-bond acceptors (Lipinski definition) is 4. The SMILES string of the molecule is CC=CCOC1CCC(c2cnc(-c3ccc(C#N)cc3)nc2)CC1. The van der Waals surface area contributed by atoms with E-state index in [0.717, 1.165) is 31.2 Å². The molecule has 1 aromatic carbocycles. The van der Waals surface area contributed by atoms with Crippen LogP contribution in [0.4, 0.5) is 0 Å². The van der Waals surface area contributed by atoms with Crippen LogP contribution in [0.5, 0.6) is 0 Å². The molecule has 1 aliphatic rings. The van der Waals surface area contributed by atoms with Gasteiger partial charge in [-0.25, -0.2) is 9.97 Å². The summed E-state index contributed by atoms with van der Waals surface area (Å²) < 4.78 is 5.86. The van der Waals surface area contributed by atoms with Crippen LogP contribution < -0.4 is 0 Å². The van der Waals surface area contributed by atoms with Crippen LogP contribution in [0.15, 0.2) is 48.8 Å². The lowest BCUT2D eigenvalue weighted by molar-refractivity contribution is 0.0422. The van der Waals surface area contributed by atoms with Crippen molar-refractivity contribution in [3.63, 3.8) is 0 Å². The zero-order valence-corrected chi connectivity index (χ0v) is 14.6. The van der Waals surface area contributed by atoms with Crippen molar-refractivity contribution in [2.24, 2.45) is 0 Å². The molecule has 1 saturated carbocycles. The Balaban J connectivity index is 1.58. The van der Waals surface area contributed by atoms with E-state index in [0.29, 0.717) is 30.0 Å². The molecule has 0 atom stereocenters. The van der Waals surface area contributed by atoms with Crippen molar-refractivity contribution < 1.29 is 4.74 Å².